The predicted molar refractivity (Wildman–Crippen MR) is 60.0 cm³/mol. The number of aliphatic hydroxyl groups excluding tert-OH is 1. The van der Waals surface area contributed by atoms with Crippen LogP contribution in [0.2, 0.25) is 0 Å². The Bertz CT molecular complexity index is 577. The van der Waals surface area contributed by atoms with Crippen molar-refractivity contribution >= 4 is 17.5 Å². The van der Waals surface area contributed by atoms with E-state index in [-0.39, 0.29) is 11.3 Å². The van der Waals surface area contributed by atoms with Gasteiger partial charge in [0.15, 0.2) is 0 Å². The van der Waals surface area contributed by atoms with Crippen molar-refractivity contribution in [2.45, 2.75) is 5.60 Å². The fourth-order valence-electron chi connectivity index (χ4n) is 1.72. The van der Waals surface area contributed by atoms with Gasteiger partial charge in [-0.25, -0.2) is 4.79 Å². The number of ether oxygens (including phenoxy) is 2. The standard InChI is InChI=1S/C12H10O7/c1-18-6-2-3-7-8(4-6)19-11(16)12(17,10(7)15)9(14)5-13/h2-4,13,17H,5H2,1H3. The predicted octanol–water partition coefficient (Wildman–Crippen LogP) is -0.911. The molecule has 0 radical (unpaired) electrons. The van der Waals surface area contributed by atoms with Crippen LogP contribution in [0.4, 0.5) is 0 Å². The van der Waals surface area contributed by atoms with Gasteiger partial charge in [0.25, 0.3) is 5.60 Å². The van der Waals surface area contributed by atoms with Gasteiger partial charge in [-0.05, 0) is 12.1 Å². The van der Waals surface area contributed by atoms with E-state index in [4.69, 9.17) is 14.6 Å². The average Bonchev–Trinajstić information content (AvgIpc) is 2.43. The van der Waals surface area contributed by atoms with Crippen LogP contribution < -0.4 is 9.47 Å². The van der Waals surface area contributed by atoms with E-state index in [0.29, 0.717) is 5.75 Å². The number of benzene rings is 1. The maximum Gasteiger partial charge on any atom is 0.359 e. The number of carbonyl (C=O) groups excluding carboxylic acids is 3. The van der Waals surface area contributed by atoms with E-state index in [9.17, 15) is 19.5 Å². The van der Waals surface area contributed by atoms with Gasteiger partial charge in [-0.3, -0.25) is 9.59 Å². The molecule has 1 atom stereocenters. The zero-order valence-corrected chi connectivity index (χ0v) is 9.87. The lowest BCUT2D eigenvalue weighted by Crippen LogP contribution is -2.58. The molecule has 19 heavy (non-hydrogen) atoms. The number of methoxy groups -OCH3 is 1. The highest BCUT2D eigenvalue weighted by atomic mass is 16.6. The molecule has 0 saturated heterocycles. The SMILES string of the molecule is COc1ccc2c(c1)OC(=O)C(O)(C(=O)CO)C2=O. The minimum Gasteiger partial charge on any atom is -0.497 e. The second-order valence-corrected chi connectivity index (χ2v) is 3.87. The molecule has 0 aliphatic carbocycles. The molecule has 1 unspecified atom stereocenters. The van der Waals surface area contributed by atoms with Crippen LogP contribution in [-0.4, -0.2) is 47.1 Å². The first-order valence-electron chi connectivity index (χ1n) is 5.26. The van der Waals surface area contributed by atoms with Gasteiger partial charge in [-0.1, -0.05) is 0 Å². The third-order valence-corrected chi connectivity index (χ3v) is 2.81. The third-order valence-electron chi connectivity index (χ3n) is 2.81. The second kappa shape index (κ2) is 4.45. The summed E-state index contributed by atoms with van der Waals surface area (Å²) in [5, 5.41) is 18.6. The Morgan fingerprint density at radius 2 is 2.11 bits per heavy atom. The van der Waals surface area contributed by atoms with Crippen LogP contribution in [0.1, 0.15) is 10.4 Å². The van der Waals surface area contributed by atoms with Gasteiger partial charge in [-0.15, -0.1) is 0 Å². The van der Waals surface area contributed by atoms with E-state index in [0.717, 1.165) is 0 Å². The van der Waals surface area contributed by atoms with Crippen LogP contribution in [0.25, 0.3) is 0 Å². The maximum absolute atomic E-state index is 12.0. The molecule has 0 spiro atoms. The van der Waals surface area contributed by atoms with Crippen LogP contribution in [0.15, 0.2) is 18.2 Å². The molecule has 1 aromatic carbocycles. The third kappa shape index (κ3) is 1.79. The Labute approximate surface area is 107 Å². The molecule has 0 bridgehead atoms. The van der Waals surface area contributed by atoms with Crippen LogP contribution in [-0.2, 0) is 9.59 Å². The number of carbonyl (C=O) groups is 3. The molecule has 1 aliphatic rings. The summed E-state index contributed by atoms with van der Waals surface area (Å²) >= 11 is 0. The van der Waals surface area contributed by atoms with Gasteiger partial charge in [0.1, 0.15) is 18.1 Å². The summed E-state index contributed by atoms with van der Waals surface area (Å²) in [7, 11) is 1.39. The highest BCUT2D eigenvalue weighted by Gasteiger charge is 2.56. The maximum atomic E-state index is 12.0. The Balaban J connectivity index is 2.55. The summed E-state index contributed by atoms with van der Waals surface area (Å²) in [6, 6.07) is 3.96. The second-order valence-electron chi connectivity index (χ2n) is 3.87. The molecule has 0 saturated carbocycles. The minimum atomic E-state index is -2.99. The lowest BCUT2D eigenvalue weighted by molar-refractivity contribution is -0.159. The van der Waals surface area contributed by atoms with Crippen molar-refractivity contribution in [2.24, 2.45) is 0 Å². The lowest BCUT2D eigenvalue weighted by Gasteiger charge is -2.27. The smallest absolute Gasteiger partial charge is 0.359 e. The van der Waals surface area contributed by atoms with Crippen LogP contribution >= 0.6 is 0 Å². The highest BCUT2D eigenvalue weighted by Crippen LogP contribution is 2.33. The first kappa shape index (κ1) is 13.2. The normalized spacial score (nSPS) is 21.6. The largest absolute Gasteiger partial charge is 0.497 e. The van der Waals surface area contributed by atoms with Crippen molar-refractivity contribution in [2.75, 3.05) is 13.7 Å². The average molecular weight is 266 g/mol. The number of hydrogen-bond acceptors (Lipinski definition) is 7. The molecular weight excluding hydrogens is 256 g/mol. The molecule has 100 valence electrons. The number of aliphatic hydroxyl groups is 2. The van der Waals surface area contributed by atoms with Crippen molar-refractivity contribution in [1.29, 1.82) is 0 Å². The zero-order valence-electron chi connectivity index (χ0n) is 9.87. The van der Waals surface area contributed by atoms with E-state index in [2.05, 4.69) is 0 Å². The Morgan fingerprint density at radius 3 is 2.68 bits per heavy atom. The Morgan fingerprint density at radius 1 is 1.42 bits per heavy atom. The lowest BCUT2D eigenvalue weighted by atomic mass is 9.86. The summed E-state index contributed by atoms with van der Waals surface area (Å²) in [5.41, 5.74) is -3.12. The van der Waals surface area contributed by atoms with Gasteiger partial charge in [0.2, 0.25) is 11.6 Å². The Kier molecular flexibility index (Phi) is 3.09. The molecule has 1 heterocycles. The van der Waals surface area contributed by atoms with Crippen LogP contribution in [0.5, 0.6) is 11.5 Å². The fourth-order valence-corrected chi connectivity index (χ4v) is 1.72. The van der Waals surface area contributed by atoms with Crippen LogP contribution in [0.3, 0.4) is 0 Å². The van der Waals surface area contributed by atoms with Gasteiger partial charge >= 0.3 is 5.97 Å². The van der Waals surface area contributed by atoms with E-state index in [1.54, 1.807) is 0 Å². The molecule has 7 nitrogen and oxygen atoms in total. The van der Waals surface area contributed by atoms with Crippen LogP contribution in [0, 0.1) is 0 Å². The topological polar surface area (TPSA) is 110 Å². The van der Waals surface area contributed by atoms with Crippen molar-refractivity contribution < 1.29 is 34.1 Å². The molecule has 7 heteroatoms. The number of rotatable bonds is 3. The summed E-state index contributed by atoms with van der Waals surface area (Å²) in [5.74, 6) is -3.65. The van der Waals surface area contributed by atoms with E-state index >= 15 is 0 Å². The Hall–Kier alpha value is -2.25. The van der Waals surface area contributed by atoms with Crippen molar-refractivity contribution in [1.82, 2.24) is 0 Å². The van der Waals surface area contributed by atoms with Gasteiger partial charge in [-0.2, -0.15) is 0 Å². The number of esters is 1. The van der Waals surface area contributed by atoms with Crippen molar-refractivity contribution in [3.8, 4) is 11.5 Å². The quantitative estimate of drug-likeness (QED) is 0.414. The number of hydrogen-bond donors (Lipinski definition) is 2. The molecule has 1 aromatic rings. The molecule has 1 aliphatic heterocycles. The molecule has 0 fully saturated rings. The zero-order chi connectivity index (χ0) is 14.2. The highest BCUT2D eigenvalue weighted by molar-refractivity contribution is 6.33. The van der Waals surface area contributed by atoms with Gasteiger partial charge in [0, 0.05) is 6.07 Å². The van der Waals surface area contributed by atoms with E-state index in [1.807, 2.05) is 0 Å². The molecule has 2 N–H and O–H groups in total. The monoisotopic (exact) mass is 266 g/mol. The summed E-state index contributed by atoms with van der Waals surface area (Å²) in [4.78, 5) is 35.0. The first-order chi connectivity index (χ1) is 8.94. The molecular formula is C12H10O7. The number of Topliss-reactive ketones (excluding diaryl/α,β-unsaturated/α-hetero) is 2. The minimum absolute atomic E-state index is 0.107. The molecule has 2 rings (SSSR count). The van der Waals surface area contributed by atoms with Gasteiger partial charge in [0.05, 0.1) is 12.7 Å². The molecule has 0 aromatic heterocycles. The summed E-state index contributed by atoms with van der Waals surface area (Å²) in [6.45, 7) is -1.15. The fraction of sp³-hybridized carbons (Fsp3) is 0.250. The van der Waals surface area contributed by atoms with Crippen molar-refractivity contribution in [3.05, 3.63) is 23.8 Å². The van der Waals surface area contributed by atoms with E-state index in [1.165, 1.54) is 25.3 Å². The van der Waals surface area contributed by atoms with Gasteiger partial charge < -0.3 is 19.7 Å². The van der Waals surface area contributed by atoms with E-state index < -0.39 is 29.7 Å². The number of fused-ring (bicyclic) bond motifs is 1. The van der Waals surface area contributed by atoms with Crippen molar-refractivity contribution in [3.63, 3.8) is 0 Å². The summed E-state index contributed by atoms with van der Waals surface area (Å²) < 4.78 is 9.66. The number of ketones is 2. The summed E-state index contributed by atoms with van der Waals surface area (Å²) in [6.07, 6.45) is 0. The first-order valence-corrected chi connectivity index (χ1v) is 5.26. The molecule has 0 amide bonds.